The molecule has 0 aliphatic heterocycles. The molecule has 0 saturated carbocycles. The molecule has 1 heterocycles. The second kappa shape index (κ2) is 6.87. The van der Waals surface area contributed by atoms with Crippen LogP contribution in [0.1, 0.15) is 35.0 Å². The van der Waals surface area contributed by atoms with Crippen molar-refractivity contribution in [2.24, 2.45) is 0 Å². The lowest BCUT2D eigenvalue weighted by atomic mass is 9.97. The number of hydrogen-bond donors (Lipinski definition) is 1. The average molecular weight is 366 g/mol. The number of halogens is 1. The SMILES string of the molecule is CCOC(=O)c1c(C)nc2c(Br)cccc2c1CCC(=O)O. The van der Waals surface area contributed by atoms with Gasteiger partial charge >= 0.3 is 11.9 Å². The quantitative estimate of drug-likeness (QED) is 0.820. The number of carbonyl (C=O) groups is 2. The van der Waals surface area contributed by atoms with E-state index in [4.69, 9.17) is 9.84 Å². The molecule has 0 radical (unpaired) electrons. The smallest absolute Gasteiger partial charge is 0.340 e. The first-order valence-electron chi connectivity index (χ1n) is 6.92. The standard InChI is InChI=1S/C16H16BrNO4/c1-3-22-16(21)14-9(2)18-15-11(5-4-6-12(15)17)10(14)7-8-13(19)20/h4-6H,3,7-8H2,1-2H3,(H,19,20). The fourth-order valence-electron chi connectivity index (χ4n) is 2.41. The van der Waals surface area contributed by atoms with Gasteiger partial charge in [-0.05, 0) is 47.8 Å². The maximum absolute atomic E-state index is 12.2. The van der Waals surface area contributed by atoms with Crippen LogP contribution in [0.2, 0.25) is 0 Å². The van der Waals surface area contributed by atoms with Crippen molar-refractivity contribution in [3.63, 3.8) is 0 Å². The van der Waals surface area contributed by atoms with Crippen molar-refractivity contribution in [3.05, 3.63) is 39.5 Å². The van der Waals surface area contributed by atoms with Crippen LogP contribution in [0.15, 0.2) is 22.7 Å². The maximum atomic E-state index is 12.2. The van der Waals surface area contributed by atoms with E-state index in [0.717, 1.165) is 9.86 Å². The number of esters is 1. The summed E-state index contributed by atoms with van der Waals surface area (Å²) < 4.78 is 5.90. The highest BCUT2D eigenvalue weighted by atomic mass is 79.9. The third kappa shape index (κ3) is 3.27. The number of aliphatic carboxylic acids is 1. The zero-order valence-electron chi connectivity index (χ0n) is 12.4. The van der Waals surface area contributed by atoms with Crippen molar-refractivity contribution in [2.45, 2.75) is 26.7 Å². The summed E-state index contributed by atoms with van der Waals surface area (Å²) in [6, 6.07) is 5.54. The van der Waals surface area contributed by atoms with Gasteiger partial charge in [0.25, 0.3) is 0 Å². The van der Waals surface area contributed by atoms with Crippen molar-refractivity contribution in [1.29, 1.82) is 0 Å². The van der Waals surface area contributed by atoms with Gasteiger partial charge in [0.15, 0.2) is 0 Å². The van der Waals surface area contributed by atoms with E-state index in [0.29, 0.717) is 22.3 Å². The molecule has 22 heavy (non-hydrogen) atoms. The largest absolute Gasteiger partial charge is 0.481 e. The summed E-state index contributed by atoms with van der Waals surface area (Å²) in [5.41, 5.74) is 2.30. The Hall–Kier alpha value is -1.95. The van der Waals surface area contributed by atoms with Crippen molar-refractivity contribution in [1.82, 2.24) is 4.98 Å². The van der Waals surface area contributed by atoms with E-state index >= 15 is 0 Å². The molecule has 0 bridgehead atoms. The number of nitrogens with zero attached hydrogens (tertiary/aromatic N) is 1. The first-order valence-corrected chi connectivity index (χ1v) is 7.71. The molecule has 0 aliphatic rings. The number of rotatable bonds is 5. The van der Waals surface area contributed by atoms with Gasteiger partial charge in [-0.3, -0.25) is 9.78 Å². The van der Waals surface area contributed by atoms with Crippen molar-refractivity contribution in [3.8, 4) is 0 Å². The minimum atomic E-state index is -0.910. The molecule has 0 saturated heterocycles. The lowest BCUT2D eigenvalue weighted by Gasteiger charge is -2.14. The number of carboxylic acids is 1. The molecule has 0 aliphatic carbocycles. The summed E-state index contributed by atoms with van der Waals surface area (Å²) in [6.07, 6.45) is 0.192. The van der Waals surface area contributed by atoms with Crippen LogP contribution in [0.3, 0.4) is 0 Å². The zero-order chi connectivity index (χ0) is 16.3. The molecule has 116 valence electrons. The van der Waals surface area contributed by atoms with E-state index < -0.39 is 11.9 Å². The third-order valence-electron chi connectivity index (χ3n) is 3.32. The number of benzene rings is 1. The van der Waals surface area contributed by atoms with Gasteiger partial charge < -0.3 is 9.84 Å². The van der Waals surface area contributed by atoms with Gasteiger partial charge in [0.2, 0.25) is 0 Å². The number of carboxylic acid groups (broad SMARTS) is 1. The maximum Gasteiger partial charge on any atom is 0.340 e. The summed E-state index contributed by atoms with van der Waals surface area (Å²) in [5, 5.41) is 9.73. The van der Waals surface area contributed by atoms with Crippen molar-refractivity contribution >= 4 is 38.8 Å². The highest BCUT2D eigenvalue weighted by Crippen LogP contribution is 2.30. The Kier molecular flexibility index (Phi) is 5.13. The Morgan fingerprint density at radius 2 is 2.09 bits per heavy atom. The van der Waals surface area contributed by atoms with Crippen LogP contribution in [0.25, 0.3) is 10.9 Å². The Balaban J connectivity index is 2.70. The number of hydrogen-bond acceptors (Lipinski definition) is 4. The Bertz CT molecular complexity index is 742. The van der Waals surface area contributed by atoms with E-state index in [2.05, 4.69) is 20.9 Å². The van der Waals surface area contributed by atoms with E-state index in [-0.39, 0.29) is 19.4 Å². The number of aryl methyl sites for hydroxylation is 2. The molecule has 1 N–H and O–H groups in total. The summed E-state index contributed by atoms with van der Waals surface area (Å²) in [5.74, 6) is -1.37. The van der Waals surface area contributed by atoms with Gasteiger partial charge in [0, 0.05) is 16.3 Å². The van der Waals surface area contributed by atoms with Gasteiger partial charge in [-0.2, -0.15) is 0 Å². The molecule has 1 aromatic carbocycles. The van der Waals surface area contributed by atoms with E-state index in [1.54, 1.807) is 13.8 Å². The van der Waals surface area contributed by atoms with E-state index in [1.807, 2.05) is 18.2 Å². The van der Waals surface area contributed by atoms with Crippen LogP contribution in [0, 0.1) is 6.92 Å². The van der Waals surface area contributed by atoms with Crippen LogP contribution >= 0.6 is 15.9 Å². The van der Waals surface area contributed by atoms with Crippen LogP contribution in [-0.4, -0.2) is 28.6 Å². The van der Waals surface area contributed by atoms with E-state index in [9.17, 15) is 9.59 Å². The van der Waals surface area contributed by atoms with Gasteiger partial charge in [0.1, 0.15) is 0 Å². The summed E-state index contributed by atoms with van der Waals surface area (Å²) in [7, 11) is 0. The van der Waals surface area contributed by atoms with Crippen LogP contribution in [-0.2, 0) is 16.0 Å². The minimum absolute atomic E-state index is 0.0581. The summed E-state index contributed by atoms with van der Waals surface area (Å²) in [4.78, 5) is 27.6. The number of fused-ring (bicyclic) bond motifs is 1. The molecule has 2 aromatic rings. The highest BCUT2D eigenvalue weighted by molar-refractivity contribution is 9.10. The predicted molar refractivity (Wildman–Crippen MR) is 86.1 cm³/mol. The Labute approximate surface area is 136 Å². The first-order chi connectivity index (χ1) is 10.5. The molecule has 0 unspecified atom stereocenters. The first kappa shape index (κ1) is 16.4. The summed E-state index contributed by atoms with van der Waals surface area (Å²) >= 11 is 3.44. The molecule has 6 heteroatoms. The highest BCUT2D eigenvalue weighted by Gasteiger charge is 2.21. The number of ether oxygens (including phenoxy) is 1. The van der Waals surface area contributed by atoms with Gasteiger partial charge in [0.05, 0.1) is 23.4 Å². The zero-order valence-corrected chi connectivity index (χ0v) is 13.9. The van der Waals surface area contributed by atoms with Gasteiger partial charge in [-0.15, -0.1) is 0 Å². The molecule has 0 spiro atoms. The molecule has 1 aromatic heterocycles. The normalized spacial score (nSPS) is 10.7. The molecule has 2 rings (SSSR count). The van der Waals surface area contributed by atoms with Crippen LogP contribution < -0.4 is 0 Å². The number of para-hydroxylation sites is 1. The Morgan fingerprint density at radius 1 is 1.36 bits per heavy atom. The lowest BCUT2D eigenvalue weighted by molar-refractivity contribution is -0.136. The fourth-order valence-corrected chi connectivity index (χ4v) is 2.87. The van der Waals surface area contributed by atoms with Gasteiger partial charge in [-0.25, -0.2) is 4.79 Å². The molecule has 0 amide bonds. The average Bonchev–Trinajstić information content (AvgIpc) is 2.45. The summed E-state index contributed by atoms with van der Waals surface area (Å²) in [6.45, 7) is 3.72. The Morgan fingerprint density at radius 3 is 2.73 bits per heavy atom. The molecule has 5 nitrogen and oxygen atoms in total. The molecular formula is C16H16BrNO4. The molecular weight excluding hydrogens is 350 g/mol. The number of pyridine rings is 1. The topological polar surface area (TPSA) is 76.5 Å². The monoisotopic (exact) mass is 365 g/mol. The number of aromatic nitrogens is 1. The number of carbonyl (C=O) groups excluding carboxylic acids is 1. The molecule has 0 fully saturated rings. The minimum Gasteiger partial charge on any atom is -0.481 e. The second-order valence-electron chi connectivity index (χ2n) is 4.80. The third-order valence-corrected chi connectivity index (χ3v) is 3.96. The van der Waals surface area contributed by atoms with Crippen molar-refractivity contribution < 1.29 is 19.4 Å². The predicted octanol–water partition coefficient (Wildman–Crippen LogP) is 3.50. The fraction of sp³-hybridized carbons (Fsp3) is 0.312. The second-order valence-corrected chi connectivity index (χ2v) is 5.66. The lowest BCUT2D eigenvalue weighted by Crippen LogP contribution is -2.13. The molecule has 0 atom stereocenters. The van der Waals surface area contributed by atoms with Crippen molar-refractivity contribution in [2.75, 3.05) is 6.61 Å². The van der Waals surface area contributed by atoms with E-state index in [1.165, 1.54) is 0 Å². The van der Waals surface area contributed by atoms with Gasteiger partial charge in [-0.1, -0.05) is 12.1 Å². The van der Waals surface area contributed by atoms with Crippen LogP contribution in [0.4, 0.5) is 0 Å². The van der Waals surface area contributed by atoms with Crippen LogP contribution in [0.5, 0.6) is 0 Å².